The molecule has 0 N–H and O–H groups in total. The summed E-state index contributed by atoms with van der Waals surface area (Å²) in [6.07, 6.45) is 0. The molecule has 1 aliphatic rings. The zero-order chi connectivity index (χ0) is 12.4. The second-order valence-electron chi connectivity index (χ2n) is 4.40. The second kappa shape index (κ2) is 5.19. The summed E-state index contributed by atoms with van der Waals surface area (Å²) in [5, 5.41) is 0. The van der Waals surface area contributed by atoms with Crippen LogP contribution in [0.5, 0.6) is 0 Å². The van der Waals surface area contributed by atoms with Crippen molar-refractivity contribution in [2.45, 2.75) is 13.0 Å². The van der Waals surface area contributed by atoms with Gasteiger partial charge in [0.05, 0.1) is 6.04 Å². The van der Waals surface area contributed by atoms with Crippen LogP contribution in [-0.2, 0) is 0 Å². The Balaban J connectivity index is 2.21. The number of halogens is 1. The molecule has 1 heterocycles. The van der Waals surface area contributed by atoms with Crippen molar-refractivity contribution in [3.8, 4) is 0 Å². The van der Waals surface area contributed by atoms with Crippen molar-refractivity contribution in [2.24, 2.45) is 0 Å². The molecule has 0 saturated carbocycles. The van der Waals surface area contributed by atoms with Crippen LogP contribution in [0.15, 0.2) is 18.2 Å². The van der Waals surface area contributed by atoms with Crippen molar-refractivity contribution >= 4 is 17.5 Å². The number of ketones is 1. The highest BCUT2D eigenvalue weighted by atomic mass is 32.2. The van der Waals surface area contributed by atoms with Gasteiger partial charge < -0.3 is 0 Å². The number of likely N-dealkylation sites (N-methyl/N-ethyl adjacent to an activating group) is 1. The van der Waals surface area contributed by atoms with E-state index in [0.717, 1.165) is 18.1 Å². The zero-order valence-corrected chi connectivity index (χ0v) is 10.9. The molecular weight excluding hydrogens is 237 g/mol. The summed E-state index contributed by atoms with van der Waals surface area (Å²) >= 11 is 1.80. The van der Waals surface area contributed by atoms with Crippen molar-refractivity contribution < 1.29 is 9.18 Å². The van der Waals surface area contributed by atoms with Gasteiger partial charge in [-0.25, -0.2) is 4.39 Å². The fraction of sp³-hybridized carbons (Fsp3) is 0.462. The quantitative estimate of drug-likeness (QED) is 0.755. The van der Waals surface area contributed by atoms with E-state index in [4.69, 9.17) is 0 Å². The first-order valence-electron chi connectivity index (χ1n) is 5.68. The van der Waals surface area contributed by atoms with Gasteiger partial charge in [0, 0.05) is 23.6 Å². The highest BCUT2D eigenvalue weighted by Crippen LogP contribution is 2.19. The molecule has 0 bridgehead atoms. The van der Waals surface area contributed by atoms with Crippen LogP contribution in [-0.4, -0.2) is 41.8 Å². The molecule has 17 heavy (non-hydrogen) atoms. The molecule has 1 atom stereocenters. The molecule has 1 aromatic carbocycles. The van der Waals surface area contributed by atoms with E-state index >= 15 is 0 Å². The summed E-state index contributed by atoms with van der Waals surface area (Å²) in [7, 11) is 1.97. The molecule has 4 heteroatoms. The first-order valence-corrected chi connectivity index (χ1v) is 6.83. The lowest BCUT2D eigenvalue weighted by atomic mass is 10.0. The lowest BCUT2D eigenvalue weighted by Crippen LogP contribution is -2.44. The Morgan fingerprint density at radius 3 is 2.94 bits per heavy atom. The molecule has 1 saturated heterocycles. The molecule has 0 radical (unpaired) electrons. The number of nitrogens with zero attached hydrogens (tertiary/aromatic N) is 1. The maximum absolute atomic E-state index is 13.2. The van der Waals surface area contributed by atoms with Gasteiger partial charge in [0.15, 0.2) is 5.78 Å². The minimum absolute atomic E-state index is 0.0707. The first-order chi connectivity index (χ1) is 8.09. The number of benzene rings is 1. The van der Waals surface area contributed by atoms with Gasteiger partial charge in [-0.3, -0.25) is 9.69 Å². The Morgan fingerprint density at radius 1 is 1.53 bits per heavy atom. The normalized spacial score (nSPS) is 21.5. The van der Waals surface area contributed by atoms with Gasteiger partial charge in [-0.05, 0) is 37.7 Å². The van der Waals surface area contributed by atoms with Crippen molar-refractivity contribution in [3.05, 3.63) is 35.1 Å². The third-order valence-electron chi connectivity index (χ3n) is 3.14. The highest BCUT2D eigenvalue weighted by molar-refractivity contribution is 7.99. The number of carbonyl (C=O) groups excluding carboxylic acids is 1. The van der Waals surface area contributed by atoms with Crippen molar-refractivity contribution in [3.63, 3.8) is 0 Å². The zero-order valence-electron chi connectivity index (χ0n) is 10.1. The minimum Gasteiger partial charge on any atom is -0.295 e. The summed E-state index contributed by atoms with van der Waals surface area (Å²) in [6.45, 7) is 2.62. The molecule has 1 aliphatic heterocycles. The monoisotopic (exact) mass is 253 g/mol. The summed E-state index contributed by atoms with van der Waals surface area (Å²) in [6, 6.07) is 4.53. The predicted molar refractivity (Wildman–Crippen MR) is 69.2 cm³/mol. The molecule has 1 unspecified atom stereocenters. The molecule has 2 nitrogen and oxygen atoms in total. The second-order valence-corrected chi connectivity index (χ2v) is 5.55. The Morgan fingerprint density at radius 2 is 2.29 bits per heavy atom. The number of Topliss-reactive ketones (excluding diaryl/α,β-unsaturated/α-hetero) is 1. The number of carbonyl (C=O) groups is 1. The van der Waals surface area contributed by atoms with Gasteiger partial charge >= 0.3 is 0 Å². The van der Waals surface area contributed by atoms with Gasteiger partial charge in [-0.15, -0.1) is 0 Å². The average molecular weight is 253 g/mol. The maximum Gasteiger partial charge on any atom is 0.180 e. The van der Waals surface area contributed by atoms with E-state index in [1.807, 2.05) is 7.05 Å². The van der Waals surface area contributed by atoms with E-state index < -0.39 is 0 Å². The highest BCUT2D eigenvalue weighted by Gasteiger charge is 2.27. The summed E-state index contributed by atoms with van der Waals surface area (Å²) in [5.41, 5.74) is 1.14. The Kier molecular flexibility index (Phi) is 3.84. The van der Waals surface area contributed by atoms with E-state index in [0.29, 0.717) is 11.1 Å². The third kappa shape index (κ3) is 2.69. The van der Waals surface area contributed by atoms with Crippen LogP contribution in [0.2, 0.25) is 0 Å². The van der Waals surface area contributed by atoms with E-state index in [2.05, 4.69) is 4.90 Å². The van der Waals surface area contributed by atoms with Crippen LogP contribution < -0.4 is 0 Å². The van der Waals surface area contributed by atoms with Gasteiger partial charge in [0.25, 0.3) is 0 Å². The number of thioether (sulfide) groups is 1. The standard InChI is InChI=1S/C13H16FNOS/c1-9-7-10(3-4-11(9)14)13(16)12-8-17-6-5-15(12)2/h3-4,7,12H,5-6,8H2,1-2H3. The lowest BCUT2D eigenvalue weighted by Gasteiger charge is -2.30. The largest absolute Gasteiger partial charge is 0.295 e. The topological polar surface area (TPSA) is 20.3 Å². The van der Waals surface area contributed by atoms with E-state index in [-0.39, 0.29) is 17.6 Å². The number of hydrogen-bond donors (Lipinski definition) is 0. The Hall–Kier alpha value is -0.870. The first kappa shape index (κ1) is 12.6. The number of hydrogen-bond acceptors (Lipinski definition) is 3. The summed E-state index contributed by atoms with van der Waals surface area (Å²) in [5.74, 6) is 1.74. The number of rotatable bonds is 2. The van der Waals surface area contributed by atoms with E-state index in [9.17, 15) is 9.18 Å². The average Bonchev–Trinajstić information content (AvgIpc) is 2.32. The van der Waals surface area contributed by atoms with Crippen LogP contribution in [0.4, 0.5) is 4.39 Å². The SMILES string of the molecule is Cc1cc(C(=O)C2CSCCN2C)ccc1F. The molecule has 2 rings (SSSR count). The third-order valence-corrected chi connectivity index (χ3v) is 4.16. The number of aryl methyl sites for hydroxylation is 1. The smallest absolute Gasteiger partial charge is 0.180 e. The molecule has 1 fully saturated rings. The molecular formula is C13H16FNOS. The van der Waals surface area contributed by atoms with Gasteiger partial charge in [0.2, 0.25) is 0 Å². The summed E-state index contributed by atoms with van der Waals surface area (Å²) in [4.78, 5) is 14.4. The van der Waals surface area contributed by atoms with Crippen molar-refractivity contribution in [2.75, 3.05) is 25.1 Å². The fourth-order valence-electron chi connectivity index (χ4n) is 1.95. The van der Waals surface area contributed by atoms with Crippen molar-refractivity contribution in [1.82, 2.24) is 4.90 Å². The van der Waals surface area contributed by atoms with Gasteiger partial charge in [-0.1, -0.05) is 0 Å². The van der Waals surface area contributed by atoms with Crippen LogP contribution in [0.25, 0.3) is 0 Å². The Bertz CT molecular complexity index is 435. The van der Waals surface area contributed by atoms with E-state index in [1.165, 1.54) is 6.07 Å². The maximum atomic E-state index is 13.2. The minimum atomic E-state index is -0.257. The van der Waals surface area contributed by atoms with Crippen LogP contribution in [0, 0.1) is 12.7 Å². The van der Waals surface area contributed by atoms with E-state index in [1.54, 1.807) is 30.8 Å². The van der Waals surface area contributed by atoms with Crippen LogP contribution in [0.1, 0.15) is 15.9 Å². The van der Waals surface area contributed by atoms with Crippen molar-refractivity contribution in [1.29, 1.82) is 0 Å². The van der Waals surface area contributed by atoms with Crippen LogP contribution >= 0.6 is 11.8 Å². The molecule has 0 spiro atoms. The summed E-state index contributed by atoms with van der Waals surface area (Å²) < 4.78 is 13.2. The predicted octanol–water partition coefficient (Wildman–Crippen LogP) is 2.36. The lowest BCUT2D eigenvalue weighted by molar-refractivity contribution is 0.0874. The molecule has 0 amide bonds. The van der Waals surface area contributed by atoms with Crippen LogP contribution in [0.3, 0.4) is 0 Å². The molecule has 0 aromatic heterocycles. The molecule has 92 valence electrons. The fourth-order valence-corrected chi connectivity index (χ4v) is 3.17. The Labute approximate surface area is 105 Å². The molecule has 1 aromatic rings. The molecule has 0 aliphatic carbocycles. The van der Waals surface area contributed by atoms with Gasteiger partial charge in [-0.2, -0.15) is 11.8 Å². The van der Waals surface area contributed by atoms with Gasteiger partial charge in [0.1, 0.15) is 5.82 Å².